The van der Waals surface area contributed by atoms with Crippen molar-refractivity contribution in [3.05, 3.63) is 29.8 Å². The molecule has 0 unspecified atom stereocenters. The van der Waals surface area contributed by atoms with Crippen molar-refractivity contribution in [2.24, 2.45) is 5.92 Å². The molecule has 0 radical (unpaired) electrons. The van der Waals surface area contributed by atoms with Gasteiger partial charge in [-0.1, -0.05) is 0 Å². The summed E-state index contributed by atoms with van der Waals surface area (Å²) in [6, 6.07) is 2.76. The number of aliphatic carboxylic acids is 1. The van der Waals surface area contributed by atoms with E-state index in [1.165, 1.54) is 9.80 Å². The van der Waals surface area contributed by atoms with Crippen molar-refractivity contribution in [1.29, 1.82) is 0 Å². The van der Waals surface area contributed by atoms with Crippen LogP contribution in [0.5, 0.6) is 0 Å². The molecule has 1 aromatic rings. The van der Waals surface area contributed by atoms with Gasteiger partial charge in [-0.15, -0.1) is 0 Å². The molecule has 2 amide bonds. The number of carboxylic acid groups (broad SMARTS) is 1. The fraction of sp³-hybridized carbons (Fsp3) is 0.438. The minimum Gasteiger partial charge on any atom is -0.479 e. The molecule has 134 valence electrons. The predicted molar refractivity (Wildman–Crippen MR) is 80.8 cm³/mol. The second-order valence-electron chi connectivity index (χ2n) is 6.01. The highest BCUT2D eigenvalue weighted by Crippen LogP contribution is 2.28. The van der Waals surface area contributed by atoms with E-state index in [0.29, 0.717) is 6.07 Å². The molecular formula is C16H16F2N2O5. The number of morpholine rings is 1. The van der Waals surface area contributed by atoms with Crippen LogP contribution in [0.15, 0.2) is 18.2 Å². The van der Waals surface area contributed by atoms with Gasteiger partial charge in [0, 0.05) is 31.3 Å². The van der Waals surface area contributed by atoms with E-state index in [9.17, 15) is 23.2 Å². The van der Waals surface area contributed by atoms with E-state index >= 15 is 0 Å². The summed E-state index contributed by atoms with van der Waals surface area (Å²) in [6.07, 6.45) is -1.19. The summed E-state index contributed by atoms with van der Waals surface area (Å²) in [7, 11) is 0. The molecule has 2 fully saturated rings. The highest BCUT2D eigenvalue weighted by molar-refractivity contribution is 6.00. The van der Waals surface area contributed by atoms with E-state index in [0.717, 1.165) is 12.1 Å². The van der Waals surface area contributed by atoms with Crippen LogP contribution in [0.25, 0.3) is 0 Å². The van der Waals surface area contributed by atoms with Gasteiger partial charge >= 0.3 is 5.97 Å². The maximum Gasteiger partial charge on any atom is 0.334 e. The Hall–Kier alpha value is -2.55. The van der Waals surface area contributed by atoms with Gasteiger partial charge < -0.3 is 19.6 Å². The molecule has 0 aromatic heterocycles. The zero-order valence-corrected chi connectivity index (χ0v) is 13.2. The summed E-state index contributed by atoms with van der Waals surface area (Å²) >= 11 is 0. The van der Waals surface area contributed by atoms with Crippen molar-refractivity contribution in [2.45, 2.75) is 12.5 Å². The first-order chi connectivity index (χ1) is 11.8. The smallest absolute Gasteiger partial charge is 0.334 e. The fourth-order valence-corrected chi connectivity index (χ4v) is 3.07. The maximum atomic E-state index is 13.4. The topological polar surface area (TPSA) is 87.2 Å². The lowest BCUT2D eigenvalue weighted by Crippen LogP contribution is -2.50. The van der Waals surface area contributed by atoms with Gasteiger partial charge in [0.1, 0.15) is 11.6 Å². The van der Waals surface area contributed by atoms with Gasteiger partial charge in [0.05, 0.1) is 19.1 Å². The van der Waals surface area contributed by atoms with E-state index in [4.69, 9.17) is 9.84 Å². The molecule has 3 rings (SSSR count). The van der Waals surface area contributed by atoms with Crippen LogP contribution >= 0.6 is 0 Å². The third-order valence-corrected chi connectivity index (χ3v) is 4.29. The van der Waals surface area contributed by atoms with Crippen molar-refractivity contribution in [2.75, 3.05) is 31.1 Å². The SMILES string of the molecule is O=C(O)[C@@H]1CN(C(=O)[C@H]2CC(=O)N(c3cc(F)cc(F)c3)C2)CCO1. The predicted octanol–water partition coefficient (Wildman–Crippen LogP) is 0.630. The van der Waals surface area contributed by atoms with Crippen LogP contribution in [0.2, 0.25) is 0 Å². The van der Waals surface area contributed by atoms with Gasteiger partial charge in [-0.2, -0.15) is 0 Å². The molecule has 0 aliphatic carbocycles. The molecule has 2 aliphatic rings. The zero-order valence-electron chi connectivity index (χ0n) is 13.2. The number of carboxylic acids is 1. The molecule has 2 saturated heterocycles. The third kappa shape index (κ3) is 3.60. The molecule has 2 heterocycles. The average Bonchev–Trinajstić information content (AvgIpc) is 2.95. The Bertz CT molecular complexity index is 706. The van der Waals surface area contributed by atoms with Crippen molar-refractivity contribution in [1.82, 2.24) is 4.90 Å². The first-order valence-corrected chi connectivity index (χ1v) is 7.75. The molecule has 2 aliphatic heterocycles. The van der Waals surface area contributed by atoms with Crippen LogP contribution in [0.1, 0.15) is 6.42 Å². The summed E-state index contributed by atoms with van der Waals surface area (Å²) in [5, 5.41) is 8.99. The number of benzene rings is 1. The number of carbonyl (C=O) groups excluding carboxylic acids is 2. The quantitative estimate of drug-likeness (QED) is 0.860. The molecule has 9 heteroatoms. The maximum absolute atomic E-state index is 13.4. The minimum atomic E-state index is -1.16. The molecule has 25 heavy (non-hydrogen) atoms. The number of amides is 2. The van der Waals surface area contributed by atoms with Crippen LogP contribution in [-0.2, 0) is 19.1 Å². The Labute approximate surface area is 141 Å². The van der Waals surface area contributed by atoms with Crippen LogP contribution in [0.3, 0.4) is 0 Å². The average molecular weight is 354 g/mol. The number of halogens is 2. The lowest BCUT2D eigenvalue weighted by atomic mass is 10.1. The second-order valence-corrected chi connectivity index (χ2v) is 6.01. The summed E-state index contributed by atoms with van der Waals surface area (Å²) < 4.78 is 31.8. The zero-order chi connectivity index (χ0) is 18.1. The van der Waals surface area contributed by atoms with E-state index < -0.39 is 35.5 Å². The van der Waals surface area contributed by atoms with Crippen molar-refractivity contribution in [3.8, 4) is 0 Å². The standard InChI is InChI=1S/C16H16F2N2O5/c17-10-4-11(18)6-12(5-10)20-7-9(3-14(20)21)15(22)19-1-2-25-13(8-19)16(23)24/h4-6,9,13H,1-3,7-8H2,(H,23,24)/t9-,13-/m0/s1. The van der Waals surface area contributed by atoms with Crippen LogP contribution in [0.4, 0.5) is 14.5 Å². The van der Waals surface area contributed by atoms with Gasteiger partial charge in [-0.05, 0) is 12.1 Å². The molecular weight excluding hydrogens is 338 g/mol. The van der Waals surface area contributed by atoms with Crippen molar-refractivity contribution >= 4 is 23.5 Å². The highest BCUT2D eigenvalue weighted by Gasteiger charge is 2.39. The van der Waals surface area contributed by atoms with Crippen LogP contribution in [0, 0.1) is 17.6 Å². The Morgan fingerprint density at radius 1 is 1.16 bits per heavy atom. The summed E-state index contributed by atoms with van der Waals surface area (Å²) in [6.45, 7) is 0.243. The van der Waals surface area contributed by atoms with E-state index in [2.05, 4.69) is 0 Å². The Morgan fingerprint density at radius 2 is 1.84 bits per heavy atom. The molecule has 7 nitrogen and oxygen atoms in total. The van der Waals surface area contributed by atoms with E-state index in [-0.39, 0.29) is 44.3 Å². The Morgan fingerprint density at radius 3 is 2.48 bits per heavy atom. The molecule has 0 saturated carbocycles. The number of rotatable bonds is 3. The number of nitrogens with zero attached hydrogens (tertiary/aromatic N) is 2. The third-order valence-electron chi connectivity index (χ3n) is 4.29. The van der Waals surface area contributed by atoms with Crippen LogP contribution < -0.4 is 4.90 Å². The van der Waals surface area contributed by atoms with E-state index in [1.807, 2.05) is 0 Å². The highest BCUT2D eigenvalue weighted by atomic mass is 19.1. The number of ether oxygens (including phenoxy) is 1. The number of anilines is 1. The first-order valence-electron chi connectivity index (χ1n) is 7.75. The van der Waals surface area contributed by atoms with Gasteiger partial charge in [0.2, 0.25) is 11.8 Å². The molecule has 0 spiro atoms. The van der Waals surface area contributed by atoms with Gasteiger partial charge in [0.25, 0.3) is 0 Å². The summed E-state index contributed by atoms with van der Waals surface area (Å²) in [5.74, 6) is -4.23. The molecule has 0 bridgehead atoms. The van der Waals surface area contributed by atoms with Crippen molar-refractivity contribution in [3.63, 3.8) is 0 Å². The van der Waals surface area contributed by atoms with E-state index in [1.54, 1.807) is 0 Å². The number of hydrogen-bond donors (Lipinski definition) is 1. The minimum absolute atomic E-state index is 0.00431. The summed E-state index contributed by atoms with van der Waals surface area (Å²) in [4.78, 5) is 38.3. The molecule has 2 atom stereocenters. The largest absolute Gasteiger partial charge is 0.479 e. The monoisotopic (exact) mass is 354 g/mol. The second kappa shape index (κ2) is 6.75. The Kier molecular flexibility index (Phi) is 4.67. The molecule has 1 N–H and O–H groups in total. The number of carbonyl (C=O) groups is 3. The molecule has 1 aromatic carbocycles. The number of hydrogen-bond acceptors (Lipinski definition) is 4. The first kappa shape index (κ1) is 17.3. The Balaban J connectivity index is 1.71. The van der Waals surface area contributed by atoms with Crippen molar-refractivity contribution < 1.29 is 33.0 Å². The lowest BCUT2D eigenvalue weighted by molar-refractivity contribution is -0.160. The van der Waals surface area contributed by atoms with Gasteiger partial charge in [-0.3, -0.25) is 9.59 Å². The van der Waals surface area contributed by atoms with Gasteiger partial charge in [-0.25, -0.2) is 13.6 Å². The summed E-state index contributed by atoms with van der Waals surface area (Å²) in [5.41, 5.74) is 0.0585. The van der Waals surface area contributed by atoms with Gasteiger partial charge in [0.15, 0.2) is 6.10 Å². The normalized spacial score (nSPS) is 23.8. The lowest BCUT2D eigenvalue weighted by Gasteiger charge is -2.32. The van der Waals surface area contributed by atoms with Crippen LogP contribution in [-0.4, -0.2) is 60.1 Å². The fourth-order valence-electron chi connectivity index (χ4n) is 3.07.